The molecule has 6 nitrogen and oxygen atoms in total. The number of nitrogens with two attached hydrogens (primary N) is 1. The summed E-state index contributed by atoms with van der Waals surface area (Å²) in [5.41, 5.74) is 19.4. The number of amides is 1. The first-order chi connectivity index (χ1) is 23.7. The summed E-state index contributed by atoms with van der Waals surface area (Å²) < 4.78 is 0. The maximum absolute atomic E-state index is 14.5. The fraction of sp³-hybridized carbons (Fsp3) is 0.233. The van der Waals surface area contributed by atoms with Gasteiger partial charge in [-0.1, -0.05) is 66.7 Å². The normalized spacial score (nSPS) is 16.2. The summed E-state index contributed by atoms with van der Waals surface area (Å²) in [6.45, 7) is 4.69. The van der Waals surface area contributed by atoms with Crippen molar-refractivity contribution in [2.75, 3.05) is 5.32 Å². The molecular weight excluding hydrogens is 608 g/mol. The van der Waals surface area contributed by atoms with Gasteiger partial charge in [-0.25, -0.2) is 0 Å². The average Bonchev–Trinajstić information content (AvgIpc) is 3.12. The molecule has 5 aromatic carbocycles. The third-order valence-corrected chi connectivity index (χ3v) is 10.6. The van der Waals surface area contributed by atoms with Crippen molar-refractivity contribution in [1.82, 2.24) is 0 Å². The van der Waals surface area contributed by atoms with E-state index in [0.29, 0.717) is 29.8 Å². The van der Waals surface area contributed by atoms with Crippen LogP contribution in [-0.4, -0.2) is 22.8 Å². The SMILES string of the molecule is Cc1ccc2c(c1C)CC(C(=O)c1ccc(NC(=O)c3ccccc3-c3ccc(CN)cc3)cc1)c1c-2ccc2c1CCCC2CC(=O)O. The zero-order valence-corrected chi connectivity index (χ0v) is 27.9. The Balaban J connectivity index is 1.20. The maximum atomic E-state index is 14.5. The lowest BCUT2D eigenvalue weighted by atomic mass is 9.68. The molecule has 0 aliphatic heterocycles. The van der Waals surface area contributed by atoms with Crippen molar-refractivity contribution in [3.05, 3.63) is 147 Å². The number of hydrogen-bond donors (Lipinski definition) is 3. The highest BCUT2D eigenvalue weighted by Crippen LogP contribution is 2.48. The van der Waals surface area contributed by atoms with Crippen LogP contribution in [0.4, 0.5) is 5.69 Å². The number of anilines is 1. The average molecular weight is 649 g/mol. The fourth-order valence-electron chi connectivity index (χ4n) is 7.87. The Morgan fingerprint density at radius 2 is 1.55 bits per heavy atom. The molecule has 2 aliphatic carbocycles. The van der Waals surface area contributed by atoms with Crippen molar-refractivity contribution in [1.29, 1.82) is 0 Å². The number of aliphatic carboxylic acids is 1. The van der Waals surface area contributed by atoms with Gasteiger partial charge >= 0.3 is 5.97 Å². The zero-order chi connectivity index (χ0) is 34.2. The lowest BCUT2D eigenvalue weighted by Gasteiger charge is -2.35. The molecule has 49 heavy (non-hydrogen) atoms. The number of Topliss-reactive ketones (excluding diaryl/α,β-unsaturated/α-hetero) is 1. The van der Waals surface area contributed by atoms with Crippen molar-refractivity contribution in [3.8, 4) is 22.3 Å². The van der Waals surface area contributed by atoms with Crippen molar-refractivity contribution in [2.45, 2.75) is 64.3 Å². The van der Waals surface area contributed by atoms with E-state index in [4.69, 9.17) is 5.73 Å². The van der Waals surface area contributed by atoms with Crippen molar-refractivity contribution in [2.24, 2.45) is 5.73 Å². The minimum absolute atomic E-state index is 0.0331. The molecule has 0 heterocycles. The first kappa shape index (κ1) is 32.2. The van der Waals surface area contributed by atoms with Crippen LogP contribution in [0.15, 0.2) is 97.1 Å². The molecule has 0 radical (unpaired) electrons. The molecule has 0 saturated heterocycles. The number of carbonyl (C=O) groups is 3. The number of benzene rings is 5. The Bertz CT molecular complexity index is 2100. The number of carboxylic acid groups (broad SMARTS) is 1. The van der Waals surface area contributed by atoms with Gasteiger partial charge in [0.1, 0.15) is 0 Å². The van der Waals surface area contributed by atoms with Gasteiger partial charge in [0.25, 0.3) is 5.91 Å². The summed E-state index contributed by atoms with van der Waals surface area (Å²) >= 11 is 0. The van der Waals surface area contributed by atoms with Gasteiger partial charge in [0.05, 0.1) is 12.3 Å². The molecule has 0 spiro atoms. The fourth-order valence-corrected chi connectivity index (χ4v) is 7.87. The number of ketones is 1. The van der Waals surface area contributed by atoms with Gasteiger partial charge < -0.3 is 16.2 Å². The van der Waals surface area contributed by atoms with Gasteiger partial charge in [-0.15, -0.1) is 0 Å². The molecule has 7 rings (SSSR count). The van der Waals surface area contributed by atoms with E-state index >= 15 is 0 Å². The number of fused-ring (bicyclic) bond motifs is 5. The quantitative estimate of drug-likeness (QED) is 0.146. The van der Waals surface area contributed by atoms with E-state index in [0.717, 1.165) is 58.2 Å². The van der Waals surface area contributed by atoms with Crippen molar-refractivity contribution < 1.29 is 19.5 Å². The standard InChI is InChI=1S/C43H40N2O4/c1-25-10-19-34-36-21-20-33-30(22-40(46)47)6-5-9-35(33)41(36)39(23-38(34)26(25)2)42(48)29-15-17-31(18-16-29)45-43(49)37-8-4-3-7-32(37)28-13-11-27(24-44)12-14-28/h3-4,7-8,10-21,30,39H,5-6,9,22-24,44H2,1-2H3,(H,45,49)(H,46,47). The summed E-state index contributed by atoms with van der Waals surface area (Å²) in [5, 5.41) is 12.7. The van der Waals surface area contributed by atoms with E-state index < -0.39 is 5.97 Å². The summed E-state index contributed by atoms with van der Waals surface area (Å²) in [5.74, 6) is -1.44. The van der Waals surface area contributed by atoms with E-state index in [9.17, 15) is 19.5 Å². The van der Waals surface area contributed by atoms with Gasteiger partial charge in [-0.05, 0) is 137 Å². The smallest absolute Gasteiger partial charge is 0.303 e. The molecule has 0 bridgehead atoms. The zero-order valence-electron chi connectivity index (χ0n) is 27.9. The largest absolute Gasteiger partial charge is 0.481 e. The van der Waals surface area contributed by atoms with Crippen LogP contribution in [0.1, 0.15) is 90.8 Å². The van der Waals surface area contributed by atoms with Crippen LogP contribution in [0, 0.1) is 13.8 Å². The van der Waals surface area contributed by atoms with Crippen LogP contribution < -0.4 is 11.1 Å². The summed E-state index contributed by atoms with van der Waals surface area (Å²) in [7, 11) is 0. The number of carboxylic acids is 1. The Labute approximate surface area is 287 Å². The first-order valence-corrected chi connectivity index (χ1v) is 17.0. The number of carbonyl (C=O) groups excluding carboxylic acids is 2. The molecule has 246 valence electrons. The van der Waals surface area contributed by atoms with Gasteiger partial charge in [-0.3, -0.25) is 14.4 Å². The number of rotatable bonds is 8. The Kier molecular flexibility index (Phi) is 8.74. The van der Waals surface area contributed by atoms with Crippen LogP contribution >= 0.6 is 0 Å². The van der Waals surface area contributed by atoms with Gasteiger partial charge in [0.15, 0.2) is 5.78 Å². The van der Waals surface area contributed by atoms with Gasteiger partial charge in [0.2, 0.25) is 0 Å². The lowest BCUT2D eigenvalue weighted by Crippen LogP contribution is -2.25. The molecule has 4 N–H and O–H groups in total. The number of nitrogens with one attached hydrogen (secondary N) is 1. The molecule has 6 heteroatoms. The van der Waals surface area contributed by atoms with E-state index in [1.807, 2.05) is 48.5 Å². The summed E-state index contributed by atoms with van der Waals surface area (Å²) in [6, 6.07) is 31.1. The molecule has 5 aromatic rings. The van der Waals surface area contributed by atoms with Crippen molar-refractivity contribution >= 4 is 23.3 Å². The highest BCUT2D eigenvalue weighted by atomic mass is 16.4. The molecule has 0 saturated carbocycles. The molecule has 1 amide bonds. The third-order valence-electron chi connectivity index (χ3n) is 10.6. The maximum Gasteiger partial charge on any atom is 0.303 e. The predicted octanol–water partition coefficient (Wildman–Crippen LogP) is 8.77. The summed E-state index contributed by atoms with van der Waals surface area (Å²) in [4.78, 5) is 39.8. The monoisotopic (exact) mass is 648 g/mol. The van der Waals surface area contributed by atoms with Crippen LogP contribution in [0.2, 0.25) is 0 Å². The molecule has 0 fully saturated rings. The minimum atomic E-state index is -0.795. The van der Waals surface area contributed by atoms with Gasteiger partial charge in [-0.2, -0.15) is 0 Å². The number of aryl methyl sites for hydroxylation is 1. The second kappa shape index (κ2) is 13.3. The number of hydrogen-bond acceptors (Lipinski definition) is 4. The molecule has 0 aromatic heterocycles. The van der Waals surface area contributed by atoms with E-state index in [1.165, 1.54) is 22.3 Å². The topological polar surface area (TPSA) is 109 Å². The second-order valence-corrected chi connectivity index (χ2v) is 13.4. The molecule has 2 aliphatic rings. The summed E-state index contributed by atoms with van der Waals surface area (Å²) in [6.07, 6.45) is 3.26. The predicted molar refractivity (Wildman–Crippen MR) is 194 cm³/mol. The Morgan fingerprint density at radius 1 is 0.816 bits per heavy atom. The van der Waals surface area contributed by atoms with Crippen LogP contribution in [0.5, 0.6) is 0 Å². The van der Waals surface area contributed by atoms with Crippen LogP contribution in [-0.2, 0) is 24.2 Å². The second-order valence-electron chi connectivity index (χ2n) is 13.4. The Morgan fingerprint density at radius 3 is 2.29 bits per heavy atom. The third kappa shape index (κ3) is 6.09. The van der Waals surface area contributed by atoms with E-state index in [2.05, 4.69) is 43.4 Å². The van der Waals surface area contributed by atoms with Crippen molar-refractivity contribution in [3.63, 3.8) is 0 Å². The molecular formula is C43H40N2O4. The highest BCUT2D eigenvalue weighted by molar-refractivity contribution is 6.09. The molecule has 2 unspecified atom stereocenters. The Hall–Kier alpha value is -5.33. The minimum Gasteiger partial charge on any atom is -0.481 e. The van der Waals surface area contributed by atoms with E-state index in [1.54, 1.807) is 24.3 Å². The van der Waals surface area contributed by atoms with Crippen LogP contribution in [0.3, 0.4) is 0 Å². The molecule has 2 atom stereocenters. The highest BCUT2D eigenvalue weighted by Gasteiger charge is 2.36. The first-order valence-electron chi connectivity index (χ1n) is 17.0. The van der Waals surface area contributed by atoms with E-state index in [-0.39, 0.29) is 29.9 Å². The van der Waals surface area contributed by atoms with Gasteiger partial charge in [0, 0.05) is 23.4 Å². The lowest BCUT2D eigenvalue weighted by molar-refractivity contribution is -0.137. The van der Waals surface area contributed by atoms with Crippen LogP contribution in [0.25, 0.3) is 22.3 Å².